The average molecular weight is 190 g/mol. The molecule has 0 fully saturated rings. The first-order valence-corrected chi connectivity index (χ1v) is 4.13. The van der Waals surface area contributed by atoms with E-state index in [9.17, 15) is 9.59 Å². The lowest BCUT2D eigenvalue weighted by atomic mass is 10.1. The normalized spacial score (nSPS) is 12.4. The van der Waals surface area contributed by atoms with E-state index in [1.807, 2.05) is 6.92 Å². The molecule has 0 aliphatic carbocycles. The molecule has 1 aliphatic heterocycles. The standard InChI is InChI=1S/C8H4O3.C3H6/c9-7-5-3-1-2-4-6(5)8(10)11-7;1-3-2/h1-4H;3H,1H2,2H3. The van der Waals surface area contributed by atoms with Crippen molar-refractivity contribution >= 4 is 11.9 Å². The second kappa shape index (κ2) is 4.37. The quantitative estimate of drug-likeness (QED) is 0.358. The Morgan fingerprint density at radius 1 is 1.14 bits per heavy atom. The molecule has 0 spiro atoms. The molecule has 1 aliphatic rings. The molecule has 0 amide bonds. The molecular weight excluding hydrogens is 180 g/mol. The van der Waals surface area contributed by atoms with E-state index in [0.29, 0.717) is 11.1 Å². The number of fused-ring (bicyclic) bond motifs is 1. The SMILES string of the molecule is C=CC.O=C1OC(=O)c2ccccc21. The van der Waals surface area contributed by atoms with Gasteiger partial charge in [-0.2, -0.15) is 0 Å². The third kappa shape index (κ3) is 1.88. The molecule has 2 rings (SSSR count). The van der Waals surface area contributed by atoms with Crippen molar-refractivity contribution < 1.29 is 14.3 Å². The molecule has 0 radical (unpaired) electrons. The summed E-state index contributed by atoms with van der Waals surface area (Å²) < 4.78 is 4.35. The number of hydrogen-bond acceptors (Lipinski definition) is 3. The summed E-state index contributed by atoms with van der Waals surface area (Å²) in [5.41, 5.74) is 0.718. The molecule has 0 saturated carbocycles. The van der Waals surface area contributed by atoms with Gasteiger partial charge < -0.3 is 4.74 Å². The average Bonchev–Trinajstić information content (AvgIpc) is 2.45. The Hall–Kier alpha value is -1.90. The van der Waals surface area contributed by atoms with E-state index in [0.717, 1.165) is 0 Å². The highest BCUT2D eigenvalue weighted by atomic mass is 16.6. The van der Waals surface area contributed by atoms with Crippen LogP contribution in [-0.2, 0) is 4.74 Å². The van der Waals surface area contributed by atoms with Crippen LogP contribution in [0.4, 0.5) is 0 Å². The number of benzene rings is 1. The summed E-state index contributed by atoms with van der Waals surface area (Å²) in [4.78, 5) is 21.7. The van der Waals surface area contributed by atoms with E-state index < -0.39 is 11.9 Å². The Bertz CT molecular complexity index is 347. The predicted octanol–water partition coefficient (Wildman–Crippen LogP) is 2.19. The van der Waals surface area contributed by atoms with Gasteiger partial charge in [-0.05, 0) is 19.1 Å². The van der Waals surface area contributed by atoms with Crippen LogP contribution in [0, 0.1) is 0 Å². The number of carbonyl (C=O) groups is 2. The number of allylic oxidation sites excluding steroid dienone is 1. The molecule has 0 unspecified atom stereocenters. The van der Waals surface area contributed by atoms with Gasteiger partial charge in [0.05, 0.1) is 11.1 Å². The Labute approximate surface area is 82.0 Å². The third-order valence-electron chi connectivity index (χ3n) is 1.55. The molecule has 72 valence electrons. The molecule has 0 bridgehead atoms. The van der Waals surface area contributed by atoms with Crippen LogP contribution in [0.5, 0.6) is 0 Å². The molecule has 3 nitrogen and oxygen atoms in total. The van der Waals surface area contributed by atoms with Crippen LogP contribution >= 0.6 is 0 Å². The van der Waals surface area contributed by atoms with E-state index >= 15 is 0 Å². The van der Waals surface area contributed by atoms with E-state index in [2.05, 4.69) is 11.3 Å². The molecule has 0 atom stereocenters. The molecule has 1 aromatic rings. The summed E-state index contributed by atoms with van der Waals surface area (Å²) >= 11 is 0. The minimum absolute atomic E-state index is 0.359. The maximum absolute atomic E-state index is 10.8. The molecule has 3 heteroatoms. The first kappa shape index (κ1) is 10.2. The second-order valence-electron chi connectivity index (χ2n) is 2.63. The number of ether oxygens (including phenoxy) is 1. The lowest BCUT2D eigenvalue weighted by Gasteiger charge is -1.86. The Morgan fingerprint density at radius 2 is 1.50 bits per heavy atom. The van der Waals surface area contributed by atoms with Crippen molar-refractivity contribution in [1.29, 1.82) is 0 Å². The third-order valence-corrected chi connectivity index (χ3v) is 1.55. The van der Waals surface area contributed by atoms with E-state index in [1.165, 1.54) is 0 Å². The fourth-order valence-electron chi connectivity index (χ4n) is 1.03. The number of cyclic esters (lactones) is 2. The molecule has 1 heterocycles. The van der Waals surface area contributed by atoms with Gasteiger partial charge in [-0.1, -0.05) is 18.2 Å². The first-order chi connectivity index (χ1) is 6.70. The van der Waals surface area contributed by atoms with Gasteiger partial charge in [0.2, 0.25) is 0 Å². The van der Waals surface area contributed by atoms with Gasteiger partial charge in [0.25, 0.3) is 0 Å². The molecular formula is C11H10O3. The summed E-state index contributed by atoms with van der Waals surface area (Å²) in [6.07, 6.45) is 1.75. The monoisotopic (exact) mass is 190 g/mol. The van der Waals surface area contributed by atoms with Crippen molar-refractivity contribution in [2.24, 2.45) is 0 Å². The first-order valence-electron chi connectivity index (χ1n) is 4.13. The van der Waals surface area contributed by atoms with Crippen LogP contribution in [0.1, 0.15) is 27.6 Å². The lowest BCUT2D eigenvalue weighted by molar-refractivity contribution is 0.0444. The summed E-state index contributed by atoms with van der Waals surface area (Å²) in [5, 5.41) is 0. The maximum atomic E-state index is 10.8. The van der Waals surface area contributed by atoms with Crippen molar-refractivity contribution in [2.75, 3.05) is 0 Å². The fourth-order valence-corrected chi connectivity index (χ4v) is 1.03. The zero-order valence-corrected chi connectivity index (χ0v) is 7.82. The molecule has 0 aromatic heterocycles. The van der Waals surface area contributed by atoms with E-state index in [-0.39, 0.29) is 0 Å². The van der Waals surface area contributed by atoms with E-state index in [4.69, 9.17) is 0 Å². The van der Waals surface area contributed by atoms with Gasteiger partial charge in [-0.3, -0.25) is 0 Å². The van der Waals surface area contributed by atoms with Crippen molar-refractivity contribution in [3.63, 3.8) is 0 Å². The Balaban J connectivity index is 0.000000293. The minimum atomic E-state index is -0.550. The number of esters is 2. The highest BCUT2D eigenvalue weighted by Gasteiger charge is 2.28. The Morgan fingerprint density at radius 3 is 1.86 bits per heavy atom. The largest absolute Gasteiger partial charge is 0.386 e. The number of carbonyl (C=O) groups excluding carboxylic acids is 2. The van der Waals surface area contributed by atoms with Crippen molar-refractivity contribution in [1.82, 2.24) is 0 Å². The zero-order valence-electron chi connectivity index (χ0n) is 7.82. The van der Waals surface area contributed by atoms with Crippen molar-refractivity contribution in [3.8, 4) is 0 Å². The summed E-state index contributed by atoms with van der Waals surface area (Å²) in [7, 11) is 0. The smallest absolute Gasteiger partial charge is 0.346 e. The van der Waals surface area contributed by atoms with Gasteiger partial charge in [-0.25, -0.2) is 9.59 Å². The highest BCUT2D eigenvalue weighted by Crippen LogP contribution is 2.18. The van der Waals surface area contributed by atoms with Crippen molar-refractivity contribution in [3.05, 3.63) is 48.0 Å². The lowest BCUT2D eigenvalue weighted by Crippen LogP contribution is -1.96. The number of rotatable bonds is 0. The second-order valence-corrected chi connectivity index (χ2v) is 2.63. The summed E-state index contributed by atoms with van der Waals surface area (Å²) in [6.45, 7) is 5.25. The van der Waals surface area contributed by atoms with Crippen LogP contribution < -0.4 is 0 Å². The van der Waals surface area contributed by atoms with Gasteiger partial charge in [0.1, 0.15) is 0 Å². The van der Waals surface area contributed by atoms with Gasteiger partial charge >= 0.3 is 11.9 Å². The zero-order chi connectivity index (χ0) is 10.6. The topological polar surface area (TPSA) is 43.4 Å². The van der Waals surface area contributed by atoms with Gasteiger partial charge in [-0.15, -0.1) is 6.58 Å². The molecule has 0 N–H and O–H groups in total. The fraction of sp³-hybridized carbons (Fsp3) is 0.0909. The number of hydrogen-bond donors (Lipinski definition) is 0. The maximum Gasteiger partial charge on any atom is 0.346 e. The van der Waals surface area contributed by atoms with Crippen LogP contribution in [0.25, 0.3) is 0 Å². The van der Waals surface area contributed by atoms with E-state index in [1.54, 1.807) is 30.3 Å². The minimum Gasteiger partial charge on any atom is -0.386 e. The summed E-state index contributed by atoms with van der Waals surface area (Å²) in [5.74, 6) is -1.10. The molecule has 1 aromatic carbocycles. The molecule has 0 saturated heterocycles. The Kier molecular flexibility index (Phi) is 3.18. The van der Waals surface area contributed by atoms with Gasteiger partial charge in [0.15, 0.2) is 0 Å². The predicted molar refractivity (Wildman–Crippen MR) is 52.1 cm³/mol. The highest BCUT2D eigenvalue weighted by molar-refractivity contribution is 6.14. The van der Waals surface area contributed by atoms with Crippen LogP contribution in [0.2, 0.25) is 0 Å². The van der Waals surface area contributed by atoms with Crippen LogP contribution in [0.15, 0.2) is 36.9 Å². The van der Waals surface area contributed by atoms with Gasteiger partial charge in [0, 0.05) is 0 Å². The van der Waals surface area contributed by atoms with Crippen LogP contribution in [0.3, 0.4) is 0 Å². The van der Waals surface area contributed by atoms with Crippen molar-refractivity contribution in [2.45, 2.75) is 6.92 Å². The van der Waals surface area contributed by atoms with Crippen LogP contribution in [-0.4, -0.2) is 11.9 Å². The molecule has 14 heavy (non-hydrogen) atoms. The summed E-state index contributed by atoms with van der Waals surface area (Å²) in [6, 6.07) is 6.53.